The molecule has 0 amide bonds. The fourth-order valence-corrected chi connectivity index (χ4v) is 4.46. The number of hydrogen-bond acceptors (Lipinski definition) is 7. The van der Waals surface area contributed by atoms with Crippen LogP contribution in [0.3, 0.4) is 0 Å². The van der Waals surface area contributed by atoms with Crippen LogP contribution in [0.25, 0.3) is 22.3 Å². The highest BCUT2D eigenvalue weighted by atomic mass is 16.7. The summed E-state index contributed by atoms with van der Waals surface area (Å²) in [5.74, 6) is 0.484. The molecule has 0 bridgehead atoms. The van der Waals surface area contributed by atoms with Gasteiger partial charge in [0.15, 0.2) is 6.23 Å². The number of aromatic nitrogens is 5. The zero-order valence-corrected chi connectivity index (χ0v) is 18.6. The predicted molar refractivity (Wildman–Crippen MR) is 117 cm³/mol. The minimum atomic E-state index is -0.722. The SMILES string of the molecule is CC(C)OC(=O)OC(C)n1ccc2c(-c3cnn(C(CC#N)C4CCCC4)c3)ncnc21. The maximum absolute atomic E-state index is 11.9. The monoisotopic (exact) mass is 436 g/mol. The molecule has 1 saturated carbocycles. The molecule has 0 saturated heterocycles. The number of nitriles is 1. The van der Waals surface area contributed by atoms with E-state index >= 15 is 0 Å². The molecule has 0 spiro atoms. The second kappa shape index (κ2) is 9.39. The first-order chi connectivity index (χ1) is 15.5. The molecule has 0 aromatic carbocycles. The Morgan fingerprint density at radius 1 is 1.25 bits per heavy atom. The summed E-state index contributed by atoms with van der Waals surface area (Å²) in [7, 11) is 0. The van der Waals surface area contributed by atoms with Crippen LogP contribution in [0.5, 0.6) is 0 Å². The molecular weight excluding hydrogens is 408 g/mol. The van der Waals surface area contributed by atoms with E-state index in [-0.39, 0.29) is 12.1 Å². The largest absolute Gasteiger partial charge is 0.510 e. The number of carbonyl (C=O) groups excluding carboxylic acids is 1. The van der Waals surface area contributed by atoms with Crippen LogP contribution in [0, 0.1) is 17.2 Å². The van der Waals surface area contributed by atoms with Crippen LogP contribution in [-0.2, 0) is 9.47 Å². The third-order valence-corrected chi connectivity index (χ3v) is 5.96. The molecule has 1 aliphatic carbocycles. The van der Waals surface area contributed by atoms with Crippen molar-refractivity contribution in [2.24, 2.45) is 5.92 Å². The van der Waals surface area contributed by atoms with Gasteiger partial charge in [-0.3, -0.25) is 9.25 Å². The maximum atomic E-state index is 11.9. The molecule has 0 N–H and O–H groups in total. The van der Waals surface area contributed by atoms with Crippen molar-refractivity contribution in [1.29, 1.82) is 5.26 Å². The van der Waals surface area contributed by atoms with Gasteiger partial charge in [-0.05, 0) is 45.6 Å². The number of carbonyl (C=O) groups is 1. The number of ether oxygens (including phenoxy) is 2. The van der Waals surface area contributed by atoms with Crippen LogP contribution in [0.4, 0.5) is 4.79 Å². The summed E-state index contributed by atoms with van der Waals surface area (Å²) in [5, 5.41) is 14.7. The quantitative estimate of drug-likeness (QED) is 0.478. The van der Waals surface area contributed by atoms with Gasteiger partial charge in [0.1, 0.15) is 12.0 Å². The highest BCUT2D eigenvalue weighted by Crippen LogP contribution is 2.37. The zero-order valence-electron chi connectivity index (χ0n) is 18.6. The fourth-order valence-electron chi connectivity index (χ4n) is 4.46. The molecular formula is C23H28N6O3. The van der Waals surface area contributed by atoms with E-state index in [1.807, 2.05) is 23.1 Å². The van der Waals surface area contributed by atoms with E-state index in [2.05, 4.69) is 21.1 Å². The van der Waals surface area contributed by atoms with E-state index in [0.29, 0.717) is 18.0 Å². The Morgan fingerprint density at radius 2 is 2.03 bits per heavy atom. The number of nitrogens with zero attached hydrogens (tertiary/aromatic N) is 6. The minimum Gasteiger partial charge on any atom is -0.432 e. The van der Waals surface area contributed by atoms with Crippen molar-refractivity contribution in [2.75, 3.05) is 0 Å². The molecule has 2 unspecified atom stereocenters. The Labute approximate surface area is 187 Å². The zero-order chi connectivity index (χ0) is 22.7. The van der Waals surface area contributed by atoms with Crippen molar-refractivity contribution in [2.45, 2.75) is 71.2 Å². The highest BCUT2D eigenvalue weighted by molar-refractivity contribution is 5.90. The average Bonchev–Trinajstić information content (AvgIpc) is 3.51. The van der Waals surface area contributed by atoms with Crippen molar-refractivity contribution >= 4 is 17.2 Å². The van der Waals surface area contributed by atoms with Gasteiger partial charge >= 0.3 is 6.16 Å². The second-order valence-corrected chi connectivity index (χ2v) is 8.50. The third kappa shape index (κ3) is 4.44. The van der Waals surface area contributed by atoms with Gasteiger partial charge in [-0.15, -0.1) is 0 Å². The first kappa shape index (κ1) is 21.8. The van der Waals surface area contributed by atoms with E-state index in [9.17, 15) is 10.1 Å². The Morgan fingerprint density at radius 3 is 2.75 bits per heavy atom. The van der Waals surface area contributed by atoms with Gasteiger partial charge < -0.3 is 9.47 Å². The molecule has 3 aromatic rings. The lowest BCUT2D eigenvalue weighted by molar-refractivity contribution is -0.00863. The van der Waals surface area contributed by atoms with Crippen molar-refractivity contribution in [3.8, 4) is 17.3 Å². The Bertz CT molecular complexity index is 1120. The Hall–Kier alpha value is -3.41. The van der Waals surface area contributed by atoms with Crippen molar-refractivity contribution in [3.05, 3.63) is 31.0 Å². The van der Waals surface area contributed by atoms with Gasteiger partial charge in [-0.25, -0.2) is 14.8 Å². The summed E-state index contributed by atoms with van der Waals surface area (Å²) in [5.41, 5.74) is 2.26. The lowest BCUT2D eigenvalue weighted by Gasteiger charge is -2.21. The molecule has 9 nitrogen and oxygen atoms in total. The molecule has 3 heterocycles. The predicted octanol–water partition coefficient (Wildman–Crippen LogP) is 5.02. The summed E-state index contributed by atoms with van der Waals surface area (Å²) in [6.45, 7) is 5.30. The van der Waals surface area contributed by atoms with E-state index in [1.165, 1.54) is 19.2 Å². The Balaban J connectivity index is 1.61. The van der Waals surface area contributed by atoms with Crippen molar-refractivity contribution < 1.29 is 14.3 Å². The fraction of sp³-hybridized carbons (Fsp3) is 0.522. The van der Waals surface area contributed by atoms with E-state index in [1.54, 1.807) is 31.5 Å². The summed E-state index contributed by atoms with van der Waals surface area (Å²) >= 11 is 0. The van der Waals surface area contributed by atoms with Crippen molar-refractivity contribution in [3.63, 3.8) is 0 Å². The highest BCUT2D eigenvalue weighted by Gasteiger charge is 2.27. The topological polar surface area (TPSA) is 108 Å². The van der Waals surface area contributed by atoms with Crippen LogP contribution in [0.1, 0.15) is 65.1 Å². The molecule has 3 aromatic heterocycles. The number of hydrogen-bond donors (Lipinski definition) is 0. The van der Waals surface area contributed by atoms with Gasteiger partial charge in [-0.2, -0.15) is 10.4 Å². The summed E-state index contributed by atoms with van der Waals surface area (Å²) in [6.07, 6.45) is 10.7. The number of rotatable bonds is 7. The molecule has 0 aliphatic heterocycles. The summed E-state index contributed by atoms with van der Waals surface area (Å²) < 4.78 is 14.1. The number of fused-ring (bicyclic) bond motifs is 1. The standard InChI is InChI=1S/C23H28N6O3/c1-15(2)31-23(30)32-16(3)28-11-9-19-21(25-14-26-22(19)28)18-12-27-29(13-18)20(8-10-24)17-6-4-5-7-17/h9,11-17,20H,4-8H2,1-3H3. The lowest BCUT2D eigenvalue weighted by Crippen LogP contribution is -2.18. The molecule has 32 heavy (non-hydrogen) atoms. The first-order valence-corrected chi connectivity index (χ1v) is 11.1. The van der Waals surface area contributed by atoms with E-state index in [0.717, 1.165) is 29.5 Å². The molecule has 9 heteroatoms. The lowest BCUT2D eigenvalue weighted by atomic mass is 9.96. The van der Waals surface area contributed by atoms with Crippen molar-refractivity contribution in [1.82, 2.24) is 24.3 Å². The van der Waals surface area contributed by atoms with Gasteiger partial charge in [-0.1, -0.05) is 12.8 Å². The Kier molecular flexibility index (Phi) is 6.40. The molecule has 0 radical (unpaired) electrons. The van der Waals surface area contributed by atoms with Crippen LogP contribution >= 0.6 is 0 Å². The van der Waals surface area contributed by atoms with Gasteiger partial charge in [0.25, 0.3) is 0 Å². The van der Waals surface area contributed by atoms with Gasteiger partial charge in [0.05, 0.1) is 36.5 Å². The second-order valence-electron chi connectivity index (χ2n) is 8.50. The van der Waals surface area contributed by atoms with E-state index < -0.39 is 12.4 Å². The van der Waals surface area contributed by atoms with Crippen LogP contribution in [0.2, 0.25) is 0 Å². The minimum absolute atomic E-state index is 0.0820. The maximum Gasteiger partial charge on any atom is 0.510 e. The molecule has 1 aliphatic rings. The normalized spacial score (nSPS) is 16.2. The molecule has 4 rings (SSSR count). The van der Waals surface area contributed by atoms with Crippen LogP contribution < -0.4 is 0 Å². The van der Waals surface area contributed by atoms with Gasteiger partial charge in [0, 0.05) is 23.3 Å². The smallest absolute Gasteiger partial charge is 0.432 e. The third-order valence-electron chi connectivity index (χ3n) is 5.96. The summed E-state index contributed by atoms with van der Waals surface area (Å²) in [4.78, 5) is 20.8. The summed E-state index contributed by atoms with van der Waals surface area (Å²) in [6, 6.07) is 4.31. The van der Waals surface area contributed by atoms with Crippen LogP contribution in [-0.4, -0.2) is 36.6 Å². The molecule has 2 atom stereocenters. The first-order valence-electron chi connectivity index (χ1n) is 11.1. The van der Waals surface area contributed by atoms with Gasteiger partial charge in [0.2, 0.25) is 0 Å². The van der Waals surface area contributed by atoms with E-state index in [4.69, 9.17) is 9.47 Å². The molecule has 1 fully saturated rings. The van der Waals surface area contributed by atoms with Crippen LogP contribution in [0.15, 0.2) is 31.0 Å². The molecule has 168 valence electrons. The average molecular weight is 437 g/mol.